The molecule has 0 radical (unpaired) electrons. The lowest BCUT2D eigenvalue weighted by molar-refractivity contribution is -0.0886. The van der Waals surface area contributed by atoms with Gasteiger partial charge in [0.1, 0.15) is 5.56 Å². The molecule has 0 bridgehead atoms. The molecule has 0 unspecified atom stereocenters. The molecule has 3 atom stereocenters. The summed E-state index contributed by atoms with van der Waals surface area (Å²) >= 11 is 0. The lowest BCUT2D eigenvalue weighted by Crippen LogP contribution is -2.55. The third-order valence-corrected chi connectivity index (χ3v) is 7.04. The number of fused-ring (bicyclic) bond motifs is 1. The van der Waals surface area contributed by atoms with E-state index in [1.165, 1.54) is 0 Å². The number of pyridine rings is 1. The summed E-state index contributed by atoms with van der Waals surface area (Å²) in [7, 11) is 0. The van der Waals surface area contributed by atoms with Crippen LogP contribution in [0.25, 0.3) is 0 Å². The van der Waals surface area contributed by atoms with Crippen LogP contribution in [0.4, 0.5) is 0 Å². The number of carbonyl (C=O) groups is 1. The van der Waals surface area contributed by atoms with E-state index in [0.29, 0.717) is 26.1 Å². The number of likely N-dealkylation sites (tertiary alicyclic amines) is 1. The molecule has 154 valence electrons. The molecular weight excluding hydrogens is 356 g/mol. The Kier molecular flexibility index (Phi) is 5.36. The first-order chi connectivity index (χ1) is 13.4. The fraction of sp³-hybridized carbons (Fsp3) is 0.727. The highest BCUT2D eigenvalue weighted by Gasteiger charge is 2.44. The number of nitrogens with zero attached hydrogens (tertiary/aromatic N) is 2. The number of hydrogen-bond donors (Lipinski definition) is 1. The Morgan fingerprint density at radius 1 is 1.25 bits per heavy atom. The topological polar surface area (TPSA) is 71.8 Å². The molecule has 6 heteroatoms. The van der Waals surface area contributed by atoms with Crippen LogP contribution in [0.3, 0.4) is 0 Å². The van der Waals surface area contributed by atoms with Gasteiger partial charge in [-0.25, -0.2) is 0 Å². The zero-order valence-corrected chi connectivity index (χ0v) is 17.1. The van der Waals surface area contributed by atoms with E-state index in [-0.39, 0.29) is 29.1 Å². The molecule has 1 aromatic heterocycles. The van der Waals surface area contributed by atoms with E-state index in [4.69, 9.17) is 4.74 Å². The largest absolute Gasteiger partial charge is 0.389 e. The lowest BCUT2D eigenvalue weighted by atomic mass is 9.71. The maximum absolute atomic E-state index is 13.3. The number of hydrogen-bond acceptors (Lipinski definition) is 4. The second kappa shape index (κ2) is 7.64. The minimum absolute atomic E-state index is 0.0503. The number of ether oxygens (including phenoxy) is 1. The SMILES string of the molecule is Cc1cc(C)n(C[C@@H]2CCCO2)c(=O)c1C(=O)N1CC[C@]2(O)CCCC[C@H]2C1. The van der Waals surface area contributed by atoms with Crippen LogP contribution in [0.1, 0.15) is 66.6 Å². The maximum Gasteiger partial charge on any atom is 0.263 e. The van der Waals surface area contributed by atoms with Crippen LogP contribution in [0.15, 0.2) is 10.9 Å². The molecule has 3 fully saturated rings. The molecule has 3 aliphatic rings. The highest BCUT2D eigenvalue weighted by molar-refractivity contribution is 5.95. The van der Waals surface area contributed by atoms with Gasteiger partial charge in [0.15, 0.2) is 0 Å². The van der Waals surface area contributed by atoms with Crippen molar-refractivity contribution in [3.05, 3.63) is 33.2 Å². The van der Waals surface area contributed by atoms with Gasteiger partial charge in [-0.1, -0.05) is 12.8 Å². The summed E-state index contributed by atoms with van der Waals surface area (Å²) in [6.45, 7) is 6.08. The Labute approximate surface area is 166 Å². The predicted octanol–water partition coefficient (Wildman–Crippen LogP) is 2.41. The van der Waals surface area contributed by atoms with Crippen LogP contribution in [-0.2, 0) is 11.3 Å². The standard InChI is InChI=1S/C22H32N2O4/c1-15-12-16(2)24(14-18-7-5-11-28-18)21(26)19(15)20(25)23-10-9-22(27)8-4-3-6-17(22)13-23/h12,17-18,27H,3-11,13-14H2,1-2H3/t17-,18-,22+/m0/s1. The van der Waals surface area contributed by atoms with Crippen molar-refractivity contribution in [2.45, 2.75) is 77.0 Å². The molecule has 1 saturated carbocycles. The average molecular weight is 389 g/mol. The third kappa shape index (κ3) is 3.52. The van der Waals surface area contributed by atoms with Gasteiger partial charge in [0.2, 0.25) is 0 Å². The average Bonchev–Trinajstić information content (AvgIpc) is 3.17. The molecule has 2 saturated heterocycles. The molecule has 1 N–H and O–H groups in total. The minimum Gasteiger partial charge on any atom is -0.389 e. The van der Waals surface area contributed by atoms with Gasteiger partial charge in [-0.2, -0.15) is 0 Å². The lowest BCUT2D eigenvalue weighted by Gasteiger charge is -2.47. The number of piperidine rings is 1. The van der Waals surface area contributed by atoms with Gasteiger partial charge in [0.25, 0.3) is 11.5 Å². The van der Waals surface area contributed by atoms with Crippen LogP contribution in [0.2, 0.25) is 0 Å². The van der Waals surface area contributed by atoms with Gasteiger partial charge in [-0.15, -0.1) is 0 Å². The van der Waals surface area contributed by atoms with E-state index >= 15 is 0 Å². The van der Waals surface area contributed by atoms with E-state index in [9.17, 15) is 14.7 Å². The molecule has 6 nitrogen and oxygen atoms in total. The minimum atomic E-state index is -0.628. The Balaban J connectivity index is 1.59. The summed E-state index contributed by atoms with van der Waals surface area (Å²) in [5.74, 6) is -0.0602. The van der Waals surface area contributed by atoms with Crippen molar-refractivity contribution < 1.29 is 14.6 Å². The summed E-state index contributed by atoms with van der Waals surface area (Å²) in [5, 5.41) is 10.9. The first-order valence-electron chi connectivity index (χ1n) is 10.7. The second-order valence-corrected chi connectivity index (χ2v) is 8.94. The smallest absolute Gasteiger partial charge is 0.263 e. The van der Waals surface area contributed by atoms with Crippen LogP contribution >= 0.6 is 0 Å². The fourth-order valence-corrected chi connectivity index (χ4v) is 5.32. The van der Waals surface area contributed by atoms with Crippen LogP contribution in [0, 0.1) is 19.8 Å². The third-order valence-electron chi connectivity index (χ3n) is 7.04. The number of carbonyl (C=O) groups excluding carboxylic acids is 1. The second-order valence-electron chi connectivity index (χ2n) is 8.94. The number of amides is 1. The van der Waals surface area contributed by atoms with Gasteiger partial charge in [0, 0.05) is 31.3 Å². The summed E-state index contributed by atoms with van der Waals surface area (Å²) in [6, 6.07) is 1.93. The molecule has 3 heterocycles. The summed E-state index contributed by atoms with van der Waals surface area (Å²) in [5.41, 5.74) is 1.06. The zero-order valence-electron chi connectivity index (χ0n) is 17.1. The predicted molar refractivity (Wildman–Crippen MR) is 107 cm³/mol. The Morgan fingerprint density at radius 3 is 2.82 bits per heavy atom. The molecule has 0 aromatic carbocycles. The van der Waals surface area contributed by atoms with Gasteiger partial charge in [0.05, 0.1) is 18.2 Å². The van der Waals surface area contributed by atoms with Crippen molar-refractivity contribution in [1.82, 2.24) is 9.47 Å². The van der Waals surface area contributed by atoms with Crippen molar-refractivity contribution in [3.8, 4) is 0 Å². The number of aliphatic hydroxyl groups is 1. The van der Waals surface area contributed by atoms with Crippen molar-refractivity contribution in [3.63, 3.8) is 0 Å². The maximum atomic E-state index is 13.3. The van der Waals surface area contributed by atoms with Crippen molar-refractivity contribution in [2.75, 3.05) is 19.7 Å². The van der Waals surface area contributed by atoms with Gasteiger partial charge >= 0.3 is 0 Å². The Bertz CT molecular complexity index is 811. The number of aryl methyl sites for hydroxylation is 2. The quantitative estimate of drug-likeness (QED) is 0.863. The van der Waals surface area contributed by atoms with E-state index in [0.717, 1.165) is 56.4 Å². The van der Waals surface area contributed by atoms with Crippen LogP contribution in [-0.4, -0.2) is 51.9 Å². The molecule has 2 aliphatic heterocycles. The van der Waals surface area contributed by atoms with E-state index in [1.54, 1.807) is 9.47 Å². The van der Waals surface area contributed by atoms with Crippen LogP contribution < -0.4 is 5.56 Å². The highest BCUT2D eigenvalue weighted by atomic mass is 16.5. The normalized spacial score (nSPS) is 30.3. The van der Waals surface area contributed by atoms with Gasteiger partial charge < -0.3 is 19.3 Å². The monoisotopic (exact) mass is 388 g/mol. The first-order valence-corrected chi connectivity index (χ1v) is 10.7. The molecule has 1 aliphatic carbocycles. The molecule has 0 spiro atoms. The zero-order chi connectivity index (χ0) is 19.9. The van der Waals surface area contributed by atoms with Gasteiger partial charge in [-0.3, -0.25) is 9.59 Å². The Morgan fingerprint density at radius 2 is 2.07 bits per heavy atom. The van der Waals surface area contributed by atoms with Crippen LogP contribution in [0.5, 0.6) is 0 Å². The molecular formula is C22H32N2O4. The summed E-state index contributed by atoms with van der Waals surface area (Å²) in [4.78, 5) is 28.4. The molecule has 1 aromatic rings. The highest BCUT2D eigenvalue weighted by Crippen LogP contribution is 2.40. The molecule has 1 amide bonds. The molecule has 4 rings (SSSR count). The van der Waals surface area contributed by atoms with Gasteiger partial charge in [-0.05, 0) is 57.6 Å². The van der Waals surface area contributed by atoms with Crippen molar-refractivity contribution >= 4 is 5.91 Å². The summed E-state index contributed by atoms with van der Waals surface area (Å²) in [6.07, 6.45) is 6.59. The first kappa shape index (κ1) is 19.6. The fourth-order valence-electron chi connectivity index (χ4n) is 5.32. The van der Waals surface area contributed by atoms with Crippen molar-refractivity contribution in [2.24, 2.45) is 5.92 Å². The van der Waals surface area contributed by atoms with E-state index in [2.05, 4.69) is 0 Å². The number of rotatable bonds is 3. The van der Waals surface area contributed by atoms with E-state index in [1.807, 2.05) is 19.9 Å². The summed E-state index contributed by atoms with van der Waals surface area (Å²) < 4.78 is 7.41. The number of aromatic nitrogens is 1. The van der Waals surface area contributed by atoms with Crippen molar-refractivity contribution in [1.29, 1.82) is 0 Å². The Hall–Kier alpha value is -1.66. The van der Waals surface area contributed by atoms with E-state index < -0.39 is 5.60 Å². The molecule has 28 heavy (non-hydrogen) atoms.